The van der Waals surface area contributed by atoms with Gasteiger partial charge < -0.3 is 24.8 Å². The summed E-state index contributed by atoms with van der Waals surface area (Å²) in [7, 11) is 0.759. The standard InChI is InChI=1S/C16H14P.C13H9.2ClH.Ti/c1-12-6-2-5-9-16(12)17-15-10-13-7-3-4-8-14(13)11-15;1-3-7-12-10(5-1)9-11-6-2-4-8-13(11)12;;;/h2-11,17H,1H3;1-9H;2*1H;/q2*-1;;;+4/p-2. The summed E-state index contributed by atoms with van der Waals surface area (Å²) >= 11 is 0. The first-order valence-electron chi connectivity index (χ1n) is 10.3. The van der Waals surface area contributed by atoms with Crippen LogP contribution in [0.5, 0.6) is 0 Å². The van der Waals surface area contributed by atoms with Crippen molar-refractivity contribution >= 4 is 51.5 Å². The van der Waals surface area contributed by atoms with Crippen molar-refractivity contribution in [1.29, 1.82) is 0 Å². The molecule has 162 valence electrons. The fraction of sp³-hybridized carbons (Fsp3) is 0.0345. The molecule has 0 heterocycles. The molecule has 0 spiro atoms. The van der Waals surface area contributed by atoms with E-state index in [0.717, 1.165) is 8.58 Å². The zero-order valence-corrected chi connectivity index (χ0v) is 22.3. The maximum absolute atomic E-state index is 2.31. The van der Waals surface area contributed by atoms with Crippen LogP contribution in [-0.4, -0.2) is 0 Å². The third kappa shape index (κ3) is 6.16. The van der Waals surface area contributed by atoms with Crippen LogP contribution in [0.3, 0.4) is 0 Å². The molecule has 0 fully saturated rings. The van der Waals surface area contributed by atoms with E-state index in [1.807, 2.05) is 0 Å². The summed E-state index contributed by atoms with van der Waals surface area (Å²) in [5.41, 5.74) is 1.39. The summed E-state index contributed by atoms with van der Waals surface area (Å²) in [6.07, 6.45) is 0. The molecule has 0 aliphatic carbocycles. The van der Waals surface area contributed by atoms with Crippen molar-refractivity contribution in [3.05, 3.63) is 121 Å². The molecule has 0 aliphatic rings. The predicted octanol–water partition coefficient (Wildman–Crippen LogP) is 1.21. The smallest absolute Gasteiger partial charge is 1.00 e. The van der Waals surface area contributed by atoms with Crippen LogP contribution >= 0.6 is 8.58 Å². The summed E-state index contributed by atoms with van der Waals surface area (Å²) in [5, 5.41) is 11.0. The molecular formula is C29H23Cl2PTi. The van der Waals surface area contributed by atoms with Crippen LogP contribution in [0.15, 0.2) is 115 Å². The summed E-state index contributed by atoms with van der Waals surface area (Å²) in [5.74, 6) is 0. The van der Waals surface area contributed by atoms with Gasteiger partial charge in [-0.3, -0.25) is 0 Å². The van der Waals surface area contributed by atoms with E-state index >= 15 is 0 Å². The molecule has 0 aromatic heterocycles. The van der Waals surface area contributed by atoms with Gasteiger partial charge in [0.2, 0.25) is 0 Å². The predicted molar refractivity (Wildman–Crippen MR) is 135 cm³/mol. The Balaban J connectivity index is 0.000000220. The van der Waals surface area contributed by atoms with Crippen LogP contribution in [-0.2, 0) is 21.7 Å². The maximum Gasteiger partial charge on any atom is 4.00 e. The number of rotatable bonds is 2. The molecule has 0 radical (unpaired) electrons. The number of benzene rings is 4. The van der Waals surface area contributed by atoms with Crippen molar-refractivity contribution in [3.8, 4) is 0 Å². The number of hydrogen-bond acceptors (Lipinski definition) is 0. The number of aryl methyl sites for hydroxylation is 1. The quantitative estimate of drug-likeness (QED) is 0.183. The van der Waals surface area contributed by atoms with E-state index in [9.17, 15) is 0 Å². The summed E-state index contributed by atoms with van der Waals surface area (Å²) in [4.78, 5) is 0. The van der Waals surface area contributed by atoms with Gasteiger partial charge >= 0.3 is 21.7 Å². The van der Waals surface area contributed by atoms with Gasteiger partial charge in [0.05, 0.1) is 0 Å². The Kier molecular flexibility index (Phi) is 10.4. The SMILES string of the molecule is Cc1ccccc1Pc1cc2ccccc2[cH-]1.[Cl-].[Cl-].[Ti+4].c1ccc2c(c1)[cH-]c1ccccc12. The zero-order valence-electron chi connectivity index (χ0n) is 18.2. The minimum absolute atomic E-state index is 0. The van der Waals surface area contributed by atoms with Crippen molar-refractivity contribution in [1.82, 2.24) is 0 Å². The van der Waals surface area contributed by atoms with Crippen molar-refractivity contribution in [3.63, 3.8) is 0 Å². The van der Waals surface area contributed by atoms with Crippen LogP contribution in [0, 0.1) is 6.92 Å². The first-order valence-corrected chi connectivity index (χ1v) is 11.3. The van der Waals surface area contributed by atoms with Crippen LogP contribution in [0.25, 0.3) is 32.3 Å². The third-order valence-electron chi connectivity index (χ3n) is 5.56. The van der Waals surface area contributed by atoms with Gasteiger partial charge in [0, 0.05) is 0 Å². The second-order valence-corrected chi connectivity index (χ2v) is 9.00. The van der Waals surface area contributed by atoms with Gasteiger partial charge in [-0.15, -0.1) is 80.1 Å². The molecule has 33 heavy (non-hydrogen) atoms. The second-order valence-electron chi connectivity index (χ2n) is 7.63. The molecular weight excluding hydrogens is 498 g/mol. The molecule has 0 N–H and O–H groups in total. The number of halogens is 2. The van der Waals surface area contributed by atoms with Crippen LogP contribution < -0.4 is 35.4 Å². The van der Waals surface area contributed by atoms with Crippen molar-refractivity contribution < 1.29 is 46.5 Å². The van der Waals surface area contributed by atoms with Gasteiger partial charge in [-0.2, -0.15) is 6.07 Å². The van der Waals surface area contributed by atoms with E-state index in [0.29, 0.717) is 0 Å². The summed E-state index contributed by atoms with van der Waals surface area (Å²) in [6.45, 7) is 2.19. The normalized spacial score (nSPS) is 10.3. The van der Waals surface area contributed by atoms with Gasteiger partial charge in [0.25, 0.3) is 0 Å². The van der Waals surface area contributed by atoms with Gasteiger partial charge in [0.15, 0.2) is 0 Å². The molecule has 0 nitrogen and oxygen atoms in total. The molecule has 0 amide bonds. The van der Waals surface area contributed by atoms with E-state index in [4.69, 9.17) is 0 Å². The Morgan fingerprint density at radius 1 is 0.576 bits per heavy atom. The van der Waals surface area contributed by atoms with Gasteiger partial charge in [0.1, 0.15) is 0 Å². The van der Waals surface area contributed by atoms with E-state index in [1.165, 1.54) is 48.5 Å². The molecule has 0 bridgehead atoms. The topological polar surface area (TPSA) is 0 Å². The Morgan fingerprint density at radius 2 is 1.09 bits per heavy atom. The van der Waals surface area contributed by atoms with Crippen molar-refractivity contribution in [2.75, 3.05) is 0 Å². The monoisotopic (exact) mass is 520 g/mol. The van der Waals surface area contributed by atoms with Crippen molar-refractivity contribution in [2.45, 2.75) is 6.92 Å². The first kappa shape index (κ1) is 27.3. The van der Waals surface area contributed by atoms with Crippen LogP contribution in [0.1, 0.15) is 5.56 Å². The van der Waals surface area contributed by atoms with Crippen LogP contribution in [0.4, 0.5) is 0 Å². The van der Waals surface area contributed by atoms with Gasteiger partial charge in [-0.25, -0.2) is 0 Å². The molecule has 4 heteroatoms. The maximum atomic E-state index is 2.31. The molecule has 0 saturated heterocycles. The van der Waals surface area contributed by atoms with E-state index in [1.54, 1.807) is 0 Å². The molecule has 1 unspecified atom stereocenters. The van der Waals surface area contributed by atoms with Crippen LogP contribution in [0.2, 0.25) is 0 Å². The Labute approximate surface area is 224 Å². The Morgan fingerprint density at radius 3 is 1.70 bits per heavy atom. The molecule has 6 aromatic rings. The van der Waals surface area contributed by atoms with E-state index < -0.39 is 0 Å². The minimum Gasteiger partial charge on any atom is -1.00 e. The molecule has 0 aliphatic heterocycles. The fourth-order valence-electron chi connectivity index (χ4n) is 4.00. The molecule has 0 saturated carbocycles. The molecule has 1 atom stereocenters. The number of fused-ring (bicyclic) bond motifs is 4. The van der Waals surface area contributed by atoms with Crippen molar-refractivity contribution in [2.24, 2.45) is 0 Å². The van der Waals surface area contributed by atoms with Gasteiger partial charge in [-0.1, -0.05) is 75.3 Å². The molecule has 6 rings (SSSR count). The van der Waals surface area contributed by atoms with Gasteiger partial charge in [-0.05, 0) is 17.8 Å². The fourth-order valence-corrected chi connectivity index (χ4v) is 5.22. The first-order chi connectivity index (χ1) is 14.8. The zero-order chi connectivity index (χ0) is 20.3. The molecule has 6 aromatic carbocycles. The largest absolute Gasteiger partial charge is 4.00 e. The van der Waals surface area contributed by atoms with E-state index in [-0.39, 0.29) is 46.5 Å². The average Bonchev–Trinajstić information content (AvgIpc) is 3.36. The Hall–Kier alpha value is -1.92. The summed E-state index contributed by atoms with van der Waals surface area (Å²) in [6, 6.07) is 41.1. The number of hydrogen-bond donors (Lipinski definition) is 0. The minimum atomic E-state index is 0. The average molecular weight is 521 g/mol. The third-order valence-corrected chi connectivity index (χ3v) is 6.97. The summed E-state index contributed by atoms with van der Waals surface area (Å²) < 4.78 is 0. The van der Waals surface area contributed by atoms with E-state index in [2.05, 4.69) is 122 Å². The second kappa shape index (κ2) is 12.5. The Bertz CT molecular complexity index is 1360.